The van der Waals surface area contributed by atoms with Crippen LogP contribution in [-0.4, -0.2) is 25.8 Å². The summed E-state index contributed by atoms with van der Waals surface area (Å²) in [6.45, 7) is -0.373. The summed E-state index contributed by atoms with van der Waals surface area (Å²) >= 11 is 0. The summed E-state index contributed by atoms with van der Waals surface area (Å²) in [4.78, 5) is 24.5. The van der Waals surface area contributed by atoms with Gasteiger partial charge in [0.25, 0.3) is 0 Å². The smallest absolute Gasteiger partial charge is 0.343 e. The molecule has 0 radical (unpaired) electrons. The first-order valence-electron chi connectivity index (χ1n) is 5.55. The molecule has 0 saturated heterocycles. The van der Waals surface area contributed by atoms with Crippen molar-refractivity contribution in [2.45, 2.75) is 44.6 Å². The molecule has 16 heavy (non-hydrogen) atoms. The van der Waals surface area contributed by atoms with Crippen molar-refractivity contribution in [2.24, 2.45) is 0 Å². The fourth-order valence-electron chi connectivity index (χ4n) is 2.17. The van der Waals surface area contributed by atoms with E-state index in [2.05, 4.69) is 10.1 Å². The molecule has 0 amide bonds. The zero-order chi connectivity index (χ0) is 11.5. The molecule has 2 N–H and O–H groups in total. The number of hydrogen-bond donors (Lipinski definition) is 2. The van der Waals surface area contributed by atoms with Crippen LogP contribution in [0.3, 0.4) is 0 Å². The van der Waals surface area contributed by atoms with E-state index in [4.69, 9.17) is 5.11 Å². The molecule has 0 atom stereocenters. The van der Waals surface area contributed by atoms with Crippen LogP contribution in [0.25, 0.3) is 0 Å². The maximum Gasteiger partial charge on any atom is 0.343 e. The standard InChI is InChI=1S/C10H15N3O3/c14-8(15)6-13-10(16)11-9(12-13)7-4-2-1-3-5-7/h7H,1-6H2,(H,14,15)(H,11,12,16). The summed E-state index contributed by atoms with van der Waals surface area (Å²) in [6, 6.07) is 0. The summed E-state index contributed by atoms with van der Waals surface area (Å²) < 4.78 is 0.978. The fraction of sp³-hybridized carbons (Fsp3) is 0.700. The van der Waals surface area contributed by atoms with Crippen LogP contribution in [0.2, 0.25) is 0 Å². The highest BCUT2D eigenvalue weighted by molar-refractivity contribution is 5.66. The molecule has 6 nitrogen and oxygen atoms in total. The number of hydrogen-bond acceptors (Lipinski definition) is 3. The number of aromatic amines is 1. The van der Waals surface area contributed by atoms with Gasteiger partial charge in [0.15, 0.2) is 0 Å². The highest BCUT2D eigenvalue weighted by Gasteiger charge is 2.20. The Morgan fingerprint density at radius 1 is 1.44 bits per heavy atom. The maximum absolute atomic E-state index is 11.4. The van der Waals surface area contributed by atoms with Gasteiger partial charge in [0.1, 0.15) is 12.4 Å². The van der Waals surface area contributed by atoms with Crippen molar-refractivity contribution in [3.05, 3.63) is 16.3 Å². The highest BCUT2D eigenvalue weighted by atomic mass is 16.4. The summed E-state index contributed by atoms with van der Waals surface area (Å²) in [6.07, 6.45) is 5.59. The molecule has 1 aromatic rings. The fourth-order valence-corrected chi connectivity index (χ4v) is 2.17. The Kier molecular flexibility index (Phi) is 3.07. The number of H-pyrrole nitrogens is 1. The van der Waals surface area contributed by atoms with Gasteiger partial charge in [0, 0.05) is 5.92 Å². The van der Waals surface area contributed by atoms with Crippen molar-refractivity contribution in [1.29, 1.82) is 0 Å². The highest BCUT2D eigenvalue weighted by Crippen LogP contribution is 2.29. The second-order valence-electron chi connectivity index (χ2n) is 4.20. The van der Waals surface area contributed by atoms with Gasteiger partial charge < -0.3 is 5.11 Å². The Bertz CT molecular complexity index is 429. The SMILES string of the molecule is O=C(O)Cn1nc(C2CCCCC2)[nH]c1=O. The molecule has 0 aliphatic heterocycles. The number of nitrogens with one attached hydrogen (secondary N) is 1. The van der Waals surface area contributed by atoms with E-state index in [1.165, 1.54) is 6.42 Å². The van der Waals surface area contributed by atoms with Gasteiger partial charge in [0.05, 0.1) is 0 Å². The first-order valence-corrected chi connectivity index (χ1v) is 5.55. The number of nitrogens with zero attached hydrogens (tertiary/aromatic N) is 2. The summed E-state index contributed by atoms with van der Waals surface area (Å²) in [5.74, 6) is -0.119. The minimum atomic E-state index is -1.05. The second-order valence-corrected chi connectivity index (χ2v) is 4.20. The van der Waals surface area contributed by atoms with E-state index in [1.54, 1.807) is 0 Å². The van der Waals surface area contributed by atoms with Crippen LogP contribution in [0.1, 0.15) is 43.8 Å². The number of carbonyl (C=O) groups is 1. The number of aliphatic carboxylic acids is 1. The van der Waals surface area contributed by atoms with Crippen molar-refractivity contribution < 1.29 is 9.90 Å². The minimum Gasteiger partial charge on any atom is -0.480 e. The largest absolute Gasteiger partial charge is 0.480 e. The van der Waals surface area contributed by atoms with Crippen LogP contribution in [0.4, 0.5) is 0 Å². The molecular weight excluding hydrogens is 210 g/mol. The first kappa shape index (κ1) is 10.9. The van der Waals surface area contributed by atoms with Gasteiger partial charge in [-0.3, -0.25) is 9.78 Å². The van der Waals surface area contributed by atoms with E-state index in [9.17, 15) is 9.59 Å². The van der Waals surface area contributed by atoms with Gasteiger partial charge in [-0.2, -0.15) is 5.10 Å². The third-order valence-electron chi connectivity index (χ3n) is 2.97. The van der Waals surface area contributed by atoms with Gasteiger partial charge in [-0.05, 0) is 12.8 Å². The lowest BCUT2D eigenvalue weighted by atomic mass is 9.89. The predicted molar refractivity (Wildman–Crippen MR) is 56.3 cm³/mol. The Morgan fingerprint density at radius 2 is 2.12 bits per heavy atom. The van der Waals surface area contributed by atoms with E-state index in [1.807, 2.05) is 0 Å². The molecule has 88 valence electrons. The van der Waals surface area contributed by atoms with E-state index in [-0.39, 0.29) is 12.5 Å². The topological polar surface area (TPSA) is 88.0 Å². The Morgan fingerprint density at radius 3 is 2.75 bits per heavy atom. The maximum atomic E-state index is 11.4. The number of rotatable bonds is 3. The van der Waals surface area contributed by atoms with Crippen molar-refractivity contribution >= 4 is 5.97 Å². The Balaban J connectivity index is 2.16. The Labute approximate surface area is 92.3 Å². The molecule has 1 heterocycles. The van der Waals surface area contributed by atoms with Gasteiger partial charge in [-0.1, -0.05) is 19.3 Å². The Hall–Kier alpha value is -1.59. The monoisotopic (exact) mass is 225 g/mol. The molecule has 0 aromatic carbocycles. The quantitative estimate of drug-likeness (QED) is 0.792. The van der Waals surface area contributed by atoms with Gasteiger partial charge in [0.2, 0.25) is 0 Å². The first-order chi connectivity index (χ1) is 7.66. The average molecular weight is 225 g/mol. The predicted octanol–water partition coefficient (Wildman–Crippen LogP) is 0.704. The third kappa shape index (κ3) is 2.32. The van der Waals surface area contributed by atoms with Crippen molar-refractivity contribution in [2.75, 3.05) is 0 Å². The summed E-state index contributed by atoms with van der Waals surface area (Å²) in [5.41, 5.74) is -0.428. The molecular formula is C10H15N3O3. The number of carboxylic acid groups (broad SMARTS) is 1. The van der Waals surface area contributed by atoms with Gasteiger partial charge in [-0.25, -0.2) is 9.48 Å². The van der Waals surface area contributed by atoms with Crippen LogP contribution in [0.15, 0.2) is 4.79 Å². The van der Waals surface area contributed by atoms with Crippen LogP contribution >= 0.6 is 0 Å². The van der Waals surface area contributed by atoms with Crippen LogP contribution in [0.5, 0.6) is 0 Å². The van der Waals surface area contributed by atoms with Crippen LogP contribution in [0, 0.1) is 0 Å². The lowest BCUT2D eigenvalue weighted by Gasteiger charge is -2.18. The van der Waals surface area contributed by atoms with Crippen LogP contribution < -0.4 is 5.69 Å². The molecule has 0 unspecified atom stereocenters. The molecule has 6 heteroatoms. The molecule has 1 aliphatic carbocycles. The molecule has 2 rings (SSSR count). The minimum absolute atomic E-state index is 0.288. The third-order valence-corrected chi connectivity index (χ3v) is 2.97. The van der Waals surface area contributed by atoms with Gasteiger partial charge >= 0.3 is 11.7 Å². The summed E-state index contributed by atoms with van der Waals surface area (Å²) in [5, 5.41) is 12.6. The molecule has 0 spiro atoms. The molecule has 1 aromatic heterocycles. The van der Waals surface area contributed by atoms with Crippen LogP contribution in [-0.2, 0) is 11.3 Å². The molecule has 1 fully saturated rings. The van der Waals surface area contributed by atoms with Crippen molar-refractivity contribution in [1.82, 2.24) is 14.8 Å². The molecule has 0 bridgehead atoms. The van der Waals surface area contributed by atoms with Gasteiger partial charge in [-0.15, -0.1) is 0 Å². The second kappa shape index (κ2) is 4.51. The zero-order valence-electron chi connectivity index (χ0n) is 8.98. The number of aromatic nitrogens is 3. The number of carboxylic acids is 1. The normalized spacial score (nSPS) is 17.5. The molecule has 1 aliphatic rings. The lowest BCUT2D eigenvalue weighted by Crippen LogP contribution is -2.22. The van der Waals surface area contributed by atoms with Crippen molar-refractivity contribution in [3.63, 3.8) is 0 Å². The van der Waals surface area contributed by atoms with E-state index < -0.39 is 11.7 Å². The summed E-state index contributed by atoms with van der Waals surface area (Å²) in [7, 11) is 0. The molecule has 1 saturated carbocycles. The van der Waals surface area contributed by atoms with E-state index >= 15 is 0 Å². The van der Waals surface area contributed by atoms with Crippen molar-refractivity contribution in [3.8, 4) is 0 Å². The average Bonchev–Trinajstić information content (AvgIpc) is 2.61. The zero-order valence-corrected chi connectivity index (χ0v) is 8.98. The van der Waals surface area contributed by atoms with E-state index in [0.29, 0.717) is 5.82 Å². The van der Waals surface area contributed by atoms with E-state index in [0.717, 1.165) is 30.4 Å². The lowest BCUT2D eigenvalue weighted by molar-refractivity contribution is -0.137.